The maximum Gasteiger partial charge on any atom is 0.161 e. The largest absolute Gasteiger partial charge is 0.390 e. The highest BCUT2D eigenvalue weighted by molar-refractivity contribution is 4.89. The van der Waals surface area contributed by atoms with Gasteiger partial charge in [0.2, 0.25) is 0 Å². The van der Waals surface area contributed by atoms with Gasteiger partial charge in [0.1, 0.15) is 24.4 Å². The van der Waals surface area contributed by atoms with Crippen LogP contribution in [0.5, 0.6) is 0 Å². The summed E-state index contributed by atoms with van der Waals surface area (Å²) >= 11 is 0. The van der Waals surface area contributed by atoms with Gasteiger partial charge >= 0.3 is 0 Å². The van der Waals surface area contributed by atoms with Crippen LogP contribution in [0.3, 0.4) is 0 Å². The minimum Gasteiger partial charge on any atom is -0.390 e. The minimum atomic E-state index is -1.06. The van der Waals surface area contributed by atoms with Crippen molar-refractivity contribution in [1.82, 2.24) is 0 Å². The van der Waals surface area contributed by atoms with E-state index in [1.165, 1.54) is 0 Å². The van der Waals surface area contributed by atoms with Crippen LogP contribution in [0.25, 0.3) is 0 Å². The summed E-state index contributed by atoms with van der Waals surface area (Å²) in [7, 11) is 0. The zero-order chi connectivity index (χ0) is 38.1. The van der Waals surface area contributed by atoms with Crippen LogP contribution < -0.4 is 0 Å². The third-order valence-electron chi connectivity index (χ3n) is 11.4. The maximum atomic E-state index is 11.1. The summed E-state index contributed by atoms with van der Waals surface area (Å²) in [5.74, 6) is 0. The van der Waals surface area contributed by atoms with Gasteiger partial charge in [-0.05, 0) is 54.4 Å². The predicted octanol–water partition coefficient (Wildman–Crippen LogP) is 0.299. The molecule has 0 radical (unpaired) electrons. The molecule has 22 atom stereocenters. The second-order valence-corrected chi connectivity index (χ2v) is 15.7. The Kier molecular flexibility index (Phi) is 14.5. The SMILES string of the molecule is C[C@@H]1O[C@@H](O[C@@H]2C[C@H](O[C@H]3[C@H](O)C[C@H](O)O[C@@H]3C)O[C@H](C)[C@H]2O)CC[C@@H]1O[C@H]1C[C@@H](O)[C@H](O[C@H]2C[C@@H](O)[C@H](O[C@H]3CC[C@H](O)[C@H](C)O3)[C@@H](C)O2)[C@@H](C)O1. The molecule has 0 amide bonds. The van der Waals surface area contributed by atoms with Crippen molar-refractivity contribution in [2.75, 3.05) is 0 Å². The Balaban J connectivity index is 0.931. The van der Waals surface area contributed by atoms with E-state index in [9.17, 15) is 30.6 Å². The summed E-state index contributed by atoms with van der Waals surface area (Å²) in [6, 6.07) is 0. The summed E-state index contributed by atoms with van der Waals surface area (Å²) in [6.45, 7) is 10.7. The zero-order valence-electron chi connectivity index (χ0n) is 31.5. The Morgan fingerprint density at radius 2 is 0.792 bits per heavy atom. The quantitative estimate of drug-likeness (QED) is 0.176. The van der Waals surface area contributed by atoms with Crippen molar-refractivity contribution in [2.24, 2.45) is 0 Å². The van der Waals surface area contributed by atoms with E-state index in [2.05, 4.69) is 0 Å². The first-order chi connectivity index (χ1) is 25.1. The molecule has 17 heteroatoms. The van der Waals surface area contributed by atoms with Crippen LogP contribution in [-0.4, -0.2) is 166 Å². The molecule has 0 aromatic heterocycles. The molecule has 0 spiro atoms. The highest BCUT2D eigenvalue weighted by atomic mass is 16.8. The molecule has 308 valence electrons. The molecule has 53 heavy (non-hydrogen) atoms. The predicted molar refractivity (Wildman–Crippen MR) is 180 cm³/mol. The summed E-state index contributed by atoms with van der Waals surface area (Å²) in [5, 5.41) is 63.1. The van der Waals surface area contributed by atoms with Gasteiger partial charge < -0.3 is 82.7 Å². The third kappa shape index (κ3) is 10.4. The summed E-state index contributed by atoms with van der Waals surface area (Å²) in [5.41, 5.74) is 0. The van der Waals surface area contributed by atoms with Crippen LogP contribution in [0.1, 0.15) is 92.9 Å². The number of ether oxygens (including phenoxy) is 11. The Morgan fingerprint density at radius 3 is 1.36 bits per heavy atom. The highest BCUT2D eigenvalue weighted by Crippen LogP contribution is 2.35. The molecule has 0 aromatic rings. The van der Waals surface area contributed by atoms with Crippen LogP contribution >= 0.6 is 0 Å². The molecular weight excluding hydrogens is 704 g/mol. The van der Waals surface area contributed by atoms with Crippen molar-refractivity contribution in [3.8, 4) is 0 Å². The Labute approximate surface area is 310 Å². The van der Waals surface area contributed by atoms with E-state index in [0.29, 0.717) is 25.7 Å². The second kappa shape index (κ2) is 18.3. The molecular formula is C36H62O17. The first-order valence-electron chi connectivity index (χ1n) is 19.4. The van der Waals surface area contributed by atoms with Crippen molar-refractivity contribution < 1.29 is 82.7 Å². The fourth-order valence-electron chi connectivity index (χ4n) is 8.24. The van der Waals surface area contributed by atoms with E-state index in [0.717, 1.165) is 0 Å². The molecule has 0 aromatic carbocycles. The van der Waals surface area contributed by atoms with Gasteiger partial charge in [0.25, 0.3) is 0 Å². The fraction of sp³-hybridized carbons (Fsp3) is 1.00. The average molecular weight is 767 g/mol. The van der Waals surface area contributed by atoms with E-state index in [1.54, 1.807) is 34.6 Å². The number of rotatable bonds is 10. The molecule has 6 rings (SSSR count). The molecule has 6 aliphatic rings. The van der Waals surface area contributed by atoms with Gasteiger partial charge in [-0.25, -0.2) is 0 Å². The Morgan fingerprint density at radius 1 is 0.358 bits per heavy atom. The van der Waals surface area contributed by atoms with Crippen LogP contribution in [-0.2, 0) is 52.1 Å². The van der Waals surface area contributed by atoms with Crippen LogP contribution in [0, 0.1) is 0 Å². The molecule has 17 nitrogen and oxygen atoms in total. The smallest absolute Gasteiger partial charge is 0.161 e. The monoisotopic (exact) mass is 766 g/mol. The van der Waals surface area contributed by atoms with Crippen molar-refractivity contribution in [3.05, 3.63) is 0 Å². The van der Waals surface area contributed by atoms with Gasteiger partial charge in [-0.15, -0.1) is 0 Å². The lowest BCUT2D eigenvalue weighted by molar-refractivity contribution is -0.341. The van der Waals surface area contributed by atoms with Crippen molar-refractivity contribution >= 4 is 0 Å². The third-order valence-corrected chi connectivity index (χ3v) is 11.4. The lowest BCUT2D eigenvalue weighted by Gasteiger charge is -2.45. The van der Waals surface area contributed by atoms with Gasteiger partial charge in [0.05, 0.1) is 73.2 Å². The second-order valence-electron chi connectivity index (χ2n) is 15.7. The molecule has 0 bridgehead atoms. The lowest BCUT2D eigenvalue weighted by atomic mass is 9.99. The van der Waals surface area contributed by atoms with E-state index in [1.807, 2.05) is 6.92 Å². The normalized spacial score (nSPS) is 53.0. The van der Waals surface area contributed by atoms with Crippen molar-refractivity contribution in [3.63, 3.8) is 0 Å². The molecule has 6 N–H and O–H groups in total. The Bertz CT molecular complexity index is 1100. The number of aliphatic hydroxyl groups excluding tert-OH is 6. The molecule has 6 heterocycles. The van der Waals surface area contributed by atoms with Gasteiger partial charge in [0.15, 0.2) is 37.7 Å². The summed E-state index contributed by atoms with van der Waals surface area (Å²) in [6.07, 6.45) is -12.1. The molecule has 6 fully saturated rings. The molecule has 0 unspecified atom stereocenters. The highest BCUT2D eigenvalue weighted by Gasteiger charge is 2.46. The molecule has 0 saturated carbocycles. The standard InChI is InChI=1S/C36H62O17/c1-15-21(37)7-9-29(44-15)51-35-19(5)48-31(13-24(35)40)52-36-20(6)47-30(12-23(36)39)49-25-8-10-28(45-16(25)2)50-26-14-32(46-17(3)33(26)42)53-34-18(4)43-27(41)11-22(34)38/h15-42H,7-14H2,1-6H3/t15-,16-,17+,18+,19+,20+,21-,22+,23+,24+,25-,26+,27+,28-,29-,30-,31-,32-,33+,34+,35+,36+/m0/s1. The van der Waals surface area contributed by atoms with E-state index in [-0.39, 0.29) is 44.0 Å². The number of aliphatic hydroxyl groups is 6. The van der Waals surface area contributed by atoms with Gasteiger partial charge in [0, 0.05) is 38.5 Å². The fourth-order valence-corrected chi connectivity index (χ4v) is 8.24. The summed E-state index contributed by atoms with van der Waals surface area (Å²) < 4.78 is 66.2. The average Bonchev–Trinajstić information content (AvgIpc) is 3.07. The number of hydrogen-bond donors (Lipinski definition) is 6. The van der Waals surface area contributed by atoms with Gasteiger partial charge in [-0.2, -0.15) is 0 Å². The minimum absolute atomic E-state index is 0.0242. The van der Waals surface area contributed by atoms with Crippen molar-refractivity contribution in [1.29, 1.82) is 0 Å². The lowest BCUT2D eigenvalue weighted by Crippen LogP contribution is -2.56. The topological polar surface area (TPSA) is 223 Å². The first-order valence-corrected chi connectivity index (χ1v) is 19.4. The molecule has 6 aliphatic heterocycles. The van der Waals surface area contributed by atoms with Crippen LogP contribution in [0.15, 0.2) is 0 Å². The summed E-state index contributed by atoms with van der Waals surface area (Å²) in [4.78, 5) is 0. The van der Waals surface area contributed by atoms with Gasteiger partial charge in [-0.3, -0.25) is 0 Å². The van der Waals surface area contributed by atoms with Gasteiger partial charge in [-0.1, -0.05) is 0 Å². The van der Waals surface area contributed by atoms with Crippen molar-refractivity contribution in [2.45, 2.75) is 228 Å². The zero-order valence-corrected chi connectivity index (χ0v) is 31.5. The molecule has 6 saturated heterocycles. The van der Waals surface area contributed by atoms with E-state index < -0.39 is 117 Å². The number of hydrogen-bond acceptors (Lipinski definition) is 17. The maximum absolute atomic E-state index is 11.1. The molecule has 0 aliphatic carbocycles. The van der Waals surface area contributed by atoms with Crippen LogP contribution in [0.4, 0.5) is 0 Å². The van der Waals surface area contributed by atoms with E-state index in [4.69, 9.17) is 52.1 Å². The Hall–Kier alpha value is -0.680. The van der Waals surface area contributed by atoms with E-state index >= 15 is 0 Å². The van der Waals surface area contributed by atoms with Crippen LogP contribution in [0.2, 0.25) is 0 Å². The first kappa shape index (κ1) is 41.9.